The zero-order valence-electron chi connectivity index (χ0n) is 26.1. The largest absolute Gasteiger partial charge is 0.417 e. The van der Waals surface area contributed by atoms with Gasteiger partial charge in [-0.2, -0.15) is 5.21 Å². The summed E-state index contributed by atoms with van der Waals surface area (Å²) in [6.07, 6.45) is 5.07. The highest BCUT2D eigenvalue weighted by molar-refractivity contribution is 7.91. The summed E-state index contributed by atoms with van der Waals surface area (Å²) in [4.78, 5) is 0. The summed E-state index contributed by atoms with van der Waals surface area (Å²) in [5.41, 5.74) is 0. The van der Waals surface area contributed by atoms with Crippen LogP contribution in [0.3, 0.4) is 0 Å². The van der Waals surface area contributed by atoms with Gasteiger partial charge < -0.3 is 28.1 Å². The van der Waals surface area contributed by atoms with E-state index in [1.54, 1.807) is 7.11 Å². The van der Waals surface area contributed by atoms with Crippen molar-refractivity contribution in [3.63, 3.8) is 0 Å². The van der Waals surface area contributed by atoms with Gasteiger partial charge in [0, 0.05) is 26.1 Å². The van der Waals surface area contributed by atoms with E-state index >= 15 is 0 Å². The van der Waals surface area contributed by atoms with Crippen molar-refractivity contribution < 1.29 is 36.5 Å². The third kappa shape index (κ3) is 9.36. The van der Waals surface area contributed by atoms with Gasteiger partial charge in [0.15, 0.2) is 14.1 Å². The molecule has 0 spiro atoms. The number of hydrogen-bond acceptors (Lipinski definition) is 11. The number of H-pyrrole nitrogens is 1. The molecule has 0 radical (unpaired) electrons. The lowest BCUT2D eigenvalue weighted by Crippen LogP contribution is -2.51. The van der Waals surface area contributed by atoms with Crippen molar-refractivity contribution in [3.05, 3.63) is 12.2 Å². The van der Waals surface area contributed by atoms with Gasteiger partial charge in [0.1, 0.15) is 19.0 Å². The van der Waals surface area contributed by atoms with Crippen LogP contribution in [0.4, 0.5) is 0 Å². The van der Waals surface area contributed by atoms with E-state index in [2.05, 4.69) is 60.6 Å². The summed E-state index contributed by atoms with van der Waals surface area (Å²) < 4.78 is 62.1. The lowest BCUT2D eigenvalue weighted by atomic mass is 9.86. The Balaban J connectivity index is 1.66. The van der Waals surface area contributed by atoms with Gasteiger partial charge >= 0.3 is 0 Å². The number of hydrogen-bond donors (Lipinski definition) is 1. The predicted octanol–water partition coefficient (Wildman–Crippen LogP) is 4.02. The van der Waals surface area contributed by atoms with Crippen LogP contribution in [0.2, 0.25) is 18.1 Å². The molecule has 1 N–H and O–H groups in total. The van der Waals surface area contributed by atoms with Crippen molar-refractivity contribution >= 4 is 18.2 Å². The number of nitrogens with zero attached hydrogens (tertiary/aromatic N) is 3. The highest BCUT2D eigenvalue weighted by Gasteiger charge is 2.49. The van der Waals surface area contributed by atoms with E-state index in [9.17, 15) is 8.42 Å². The van der Waals surface area contributed by atoms with Gasteiger partial charge in [0.25, 0.3) is 5.16 Å². The van der Waals surface area contributed by atoms with Crippen LogP contribution in [0.15, 0.2) is 17.3 Å². The van der Waals surface area contributed by atoms with Crippen molar-refractivity contribution in [2.75, 3.05) is 26.3 Å². The molecule has 2 fully saturated rings. The molecule has 41 heavy (non-hydrogen) atoms. The Bertz CT molecular complexity index is 1080. The topological polar surface area (TPSA) is 144 Å². The Labute approximate surface area is 246 Å². The second-order valence-corrected chi connectivity index (χ2v) is 19.8. The molecule has 2 aliphatic rings. The molecule has 0 bridgehead atoms. The normalized spacial score (nSPS) is 29.4. The Kier molecular flexibility index (Phi) is 11.7. The lowest BCUT2D eigenvalue weighted by Gasteiger charge is -2.42. The molecule has 3 rings (SSSR count). The highest BCUT2D eigenvalue weighted by atomic mass is 32.2. The minimum absolute atomic E-state index is 0.0768. The summed E-state index contributed by atoms with van der Waals surface area (Å²) >= 11 is 0. The minimum atomic E-state index is -3.71. The van der Waals surface area contributed by atoms with E-state index in [0.29, 0.717) is 6.42 Å². The van der Waals surface area contributed by atoms with Crippen LogP contribution in [0.1, 0.15) is 67.2 Å². The Morgan fingerprint density at radius 2 is 1.95 bits per heavy atom. The van der Waals surface area contributed by atoms with Crippen molar-refractivity contribution in [1.82, 2.24) is 20.6 Å². The van der Waals surface area contributed by atoms with Gasteiger partial charge in [-0.15, -0.1) is 5.10 Å². The van der Waals surface area contributed by atoms with Gasteiger partial charge in [-0.05, 0) is 56.5 Å². The van der Waals surface area contributed by atoms with Gasteiger partial charge in [-0.25, -0.2) is 8.42 Å². The zero-order chi connectivity index (χ0) is 30.5. The molecule has 0 aromatic carbocycles. The van der Waals surface area contributed by atoms with Crippen molar-refractivity contribution in [1.29, 1.82) is 0 Å². The number of rotatable bonds is 14. The molecular formula is C27H50N4O8SSi. The second-order valence-electron chi connectivity index (χ2n) is 13.0. The average molecular weight is 619 g/mol. The maximum Gasteiger partial charge on any atom is 0.288 e. The summed E-state index contributed by atoms with van der Waals surface area (Å²) in [6.45, 7) is 17.9. The van der Waals surface area contributed by atoms with Crippen molar-refractivity contribution in [3.8, 4) is 0 Å². The fourth-order valence-electron chi connectivity index (χ4n) is 4.88. The average Bonchev–Trinajstić information content (AvgIpc) is 3.52. The molecule has 0 unspecified atom stereocenters. The Hall–Kier alpha value is -1.26. The number of allylic oxidation sites excluding steroid dienone is 1. The van der Waals surface area contributed by atoms with Gasteiger partial charge in [0.2, 0.25) is 9.84 Å². The molecule has 12 nitrogen and oxygen atoms in total. The fourth-order valence-corrected chi connectivity index (χ4v) is 7.04. The minimum Gasteiger partial charge on any atom is -0.417 e. The van der Waals surface area contributed by atoms with E-state index < -0.39 is 30.0 Å². The van der Waals surface area contributed by atoms with Crippen LogP contribution in [-0.4, -0.2) is 99.9 Å². The number of sulfone groups is 1. The first-order valence-corrected chi connectivity index (χ1v) is 19.0. The highest BCUT2D eigenvalue weighted by Crippen LogP contribution is 2.39. The van der Waals surface area contributed by atoms with Gasteiger partial charge in [0.05, 0.1) is 24.1 Å². The predicted molar refractivity (Wildman–Crippen MR) is 155 cm³/mol. The molecule has 236 valence electrons. The van der Waals surface area contributed by atoms with E-state index in [-0.39, 0.29) is 59.5 Å². The first kappa shape index (κ1) is 34.2. The van der Waals surface area contributed by atoms with Crippen LogP contribution in [0.25, 0.3) is 0 Å². The smallest absolute Gasteiger partial charge is 0.288 e. The quantitative estimate of drug-likeness (QED) is 0.140. The molecule has 14 heteroatoms. The zero-order valence-corrected chi connectivity index (χ0v) is 27.9. The first-order chi connectivity index (χ1) is 19.1. The molecule has 2 saturated heterocycles. The molecule has 3 heterocycles. The van der Waals surface area contributed by atoms with Crippen LogP contribution in [0, 0.1) is 5.92 Å². The number of nitrogens with one attached hydrogen (secondary N) is 1. The number of aromatic amines is 1. The number of aromatic nitrogens is 4. The summed E-state index contributed by atoms with van der Waals surface area (Å²) in [7, 11) is -3.90. The number of tetrazole rings is 1. The summed E-state index contributed by atoms with van der Waals surface area (Å²) in [6, 6.07) is 0. The SMILES string of the molecule is COCO[C@H]1C[C@H]([C@H]2OC(C)(C)O[C@H]2/C=C/CCCO[Si](C)(C)C(C)(C)C)O[C@H](CCS(=O)(=O)c2nn[nH]n2)[C@@H]1C. The molecule has 0 saturated carbocycles. The molecule has 2 aliphatic heterocycles. The van der Waals surface area contributed by atoms with Crippen molar-refractivity contribution in [2.45, 2.75) is 127 Å². The van der Waals surface area contributed by atoms with Crippen LogP contribution in [-0.2, 0) is 37.9 Å². The van der Waals surface area contributed by atoms with Crippen molar-refractivity contribution in [2.24, 2.45) is 5.92 Å². The molecule has 0 amide bonds. The fraction of sp³-hybridized carbons (Fsp3) is 0.889. The van der Waals surface area contributed by atoms with Crippen LogP contribution >= 0.6 is 0 Å². The van der Waals surface area contributed by atoms with Crippen LogP contribution < -0.4 is 0 Å². The van der Waals surface area contributed by atoms with E-state index in [1.165, 1.54) is 0 Å². The molecule has 1 aromatic rings. The lowest BCUT2D eigenvalue weighted by molar-refractivity contribution is -0.211. The first-order valence-electron chi connectivity index (χ1n) is 14.4. The summed E-state index contributed by atoms with van der Waals surface area (Å²) in [5, 5.41) is 12.7. The van der Waals surface area contributed by atoms with E-state index in [0.717, 1.165) is 19.4 Å². The summed E-state index contributed by atoms with van der Waals surface area (Å²) in [5.74, 6) is -1.05. The number of unbranched alkanes of at least 4 members (excludes halogenated alkanes) is 1. The van der Waals surface area contributed by atoms with Gasteiger partial charge in [-0.3, -0.25) is 0 Å². The third-order valence-electron chi connectivity index (χ3n) is 8.30. The number of ether oxygens (including phenoxy) is 5. The molecular weight excluding hydrogens is 568 g/mol. The molecule has 1 aromatic heterocycles. The molecule has 0 aliphatic carbocycles. The standard InChI is InChI=1S/C27H50N4O8SSi/c1-19-20(14-16-40(32,33)25-28-30-31-29-25)37-23(17-22(19)35-18-34-7)24-21(38-27(5,6)39-24)13-11-10-12-15-36-41(8,9)26(2,3)4/h11,13,19-24H,10,12,14-18H2,1-9H3,(H,28,29,30,31)/b13-11+/t19-,20+,21-,22-,23+,24-/m0/s1. The van der Waals surface area contributed by atoms with E-state index in [4.69, 9.17) is 28.1 Å². The molecule has 6 atom stereocenters. The maximum absolute atomic E-state index is 12.7. The number of methoxy groups -OCH3 is 1. The second kappa shape index (κ2) is 14.0. The Morgan fingerprint density at radius 1 is 1.22 bits per heavy atom. The van der Waals surface area contributed by atoms with E-state index in [1.807, 2.05) is 26.8 Å². The maximum atomic E-state index is 12.7. The Morgan fingerprint density at radius 3 is 2.59 bits per heavy atom. The third-order valence-corrected chi connectivity index (χ3v) is 14.3. The monoisotopic (exact) mass is 618 g/mol. The van der Waals surface area contributed by atoms with Crippen LogP contribution in [0.5, 0.6) is 0 Å². The van der Waals surface area contributed by atoms with Gasteiger partial charge in [-0.1, -0.05) is 44.9 Å².